The highest BCUT2D eigenvalue weighted by molar-refractivity contribution is 7.89. The zero-order valence-corrected chi connectivity index (χ0v) is 13.7. The molecule has 2 heterocycles. The van der Waals surface area contributed by atoms with Crippen molar-refractivity contribution in [1.82, 2.24) is 9.29 Å². The monoisotopic (exact) mass is 311 g/mol. The summed E-state index contributed by atoms with van der Waals surface area (Å²) in [6, 6.07) is 1.73. The molecule has 0 aromatic carbocycles. The normalized spacial score (nSPS) is 21.0. The molecule has 0 radical (unpaired) electrons. The predicted molar refractivity (Wildman–Crippen MR) is 84.8 cm³/mol. The van der Waals surface area contributed by atoms with E-state index in [1.54, 1.807) is 16.6 Å². The molecule has 118 valence electrons. The summed E-state index contributed by atoms with van der Waals surface area (Å²) in [5.74, 6) is 0.646. The van der Waals surface area contributed by atoms with Gasteiger partial charge in [0.05, 0.1) is 5.69 Å². The molecule has 6 heteroatoms. The van der Waals surface area contributed by atoms with E-state index in [1.165, 1.54) is 6.20 Å². The van der Waals surface area contributed by atoms with Gasteiger partial charge in [0.25, 0.3) is 0 Å². The van der Waals surface area contributed by atoms with E-state index in [0.29, 0.717) is 36.1 Å². The first-order valence-corrected chi connectivity index (χ1v) is 9.21. The number of nitrogens with one attached hydrogen (secondary N) is 1. The zero-order valence-electron chi connectivity index (χ0n) is 12.9. The predicted octanol–water partition coefficient (Wildman–Crippen LogP) is 2.71. The molecule has 0 spiro atoms. The minimum atomic E-state index is -3.46. The van der Waals surface area contributed by atoms with Crippen LogP contribution < -0.4 is 5.32 Å². The Labute approximate surface area is 127 Å². The maximum Gasteiger partial charge on any atom is 0.246 e. The smallest absolute Gasteiger partial charge is 0.246 e. The molecule has 1 aliphatic heterocycles. The van der Waals surface area contributed by atoms with Crippen LogP contribution in [0.5, 0.6) is 0 Å². The molecule has 0 aliphatic carbocycles. The molecule has 21 heavy (non-hydrogen) atoms. The van der Waals surface area contributed by atoms with E-state index in [4.69, 9.17) is 0 Å². The van der Waals surface area contributed by atoms with Crippen LogP contribution in [-0.4, -0.2) is 37.3 Å². The van der Waals surface area contributed by atoms with E-state index in [0.717, 1.165) is 25.7 Å². The van der Waals surface area contributed by atoms with Crippen LogP contribution in [0.25, 0.3) is 0 Å². The summed E-state index contributed by atoms with van der Waals surface area (Å²) in [5, 5.41) is 3.11. The highest BCUT2D eigenvalue weighted by Crippen LogP contribution is 2.27. The number of hydrogen-bond donors (Lipinski definition) is 1. The Bertz CT molecular complexity index is 560. The molecule has 1 atom stereocenters. The number of pyridine rings is 1. The Morgan fingerprint density at radius 3 is 2.86 bits per heavy atom. The van der Waals surface area contributed by atoms with Crippen LogP contribution in [0.1, 0.15) is 39.5 Å². The summed E-state index contributed by atoms with van der Waals surface area (Å²) in [4.78, 5) is 4.29. The molecule has 1 unspecified atom stereocenters. The average molecular weight is 311 g/mol. The molecule has 1 saturated heterocycles. The molecule has 1 aliphatic rings. The quantitative estimate of drug-likeness (QED) is 0.908. The van der Waals surface area contributed by atoms with Gasteiger partial charge in [0.2, 0.25) is 10.0 Å². The highest BCUT2D eigenvalue weighted by Gasteiger charge is 2.29. The van der Waals surface area contributed by atoms with E-state index >= 15 is 0 Å². The van der Waals surface area contributed by atoms with Gasteiger partial charge in [-0.3, -0.25) is 4.98 Å². The van der Waals surface area contributed by atoms with Gasteiger partial charge >= 0.3 is 0 Å². The van der Waals surface area contributed by atoms with E-state index in [2.05, 4.69) is 17.2 Å². The van der Waals surface area contributed by atoms with Crippen molar-refractivity contribution < 1.29 is 8.42 Å². The maximum atomic E-state index is 12.9. The lowest BCUT2D eigenvalue weighted by molar-refractivity contribution is 0.407. The maximum absolute atomic E-state index is 12.9. The van der Waals surface area contributed by atoms with Crippen LogP contribution in [0.3, 0.4) is 0 Å². The van der Waals surface area contributed by atoms with Crippen molar-refractivity contribution in [3.05, 3.63) is 18.5 Å². The molecule has 1 fully saturated rings. The first-order valence-electron chi connectivity index (χ1n) is 7.77. The van der Waals surface area contributed by atoms with Gasteiger partial charge in [-0.2, -0.15) is 4.31 Å². The fourth-order valence-electron chi connectivity index (χ4n) is 2.85. The van der Waals surface area contributed by atoms with Gasteiger partial charge in [0.15, 0.2) is 0 Å². The second-order valence-electron chi connectivity index (χ2n) is 5.51. The van der Waals surface area contributed by atoms with Gasteiger partial charge in [0, 0.05) is 32.0 Å². The molecule has 5 nitrogen and oxygen atoms in total. The fraction of sp³-hybridized carbons (Fsp3) is 0.667. The van der Waals surface area contributed by atoms with Crippen LogP contribution in [0.4, 0.5) is 5.69 Å². The Morgan fingerprint density at radius 2 is 2.14 bits per heavy atom. The molecule has 1 aromatic rings. The van der Waals surface area contributed by atoms with Gasteiger partial charge in [0.1, 0.15) is 4.90 Å². The van der Waals surface area contributed by atoms with Gasteiger partial charge in [-0.25, -0.2) is 8.42 Å². The lowest BCUT2D eigenvalue weighted by Gasteiger charge is -2.21. The lowest BCUT2D eigenvalue weighted by atomic mass is 9.98. The van der Waals surface area contributed by atoms with E-state index in [9.17, 15) is 8.42 Å². The lowest BCUT2D eigenvalue weighted by Crippen LogP contribution is -2.32. The van der Waals surface area contributed by atoms with Crippen molar-refractivity contribution in [1.29, 1.82) is 0 Å². The average Bonchev–Trinajstić information content (AvgIpc) is 2.74. The second-order valence-corrected chi connectivity index (χ2v) is 7.42. The van der Waals surface area contributed by atoms with Gasteiger partial charge in [-0.15, -0.1) is 0 Å². The summed E-state index contributed by atoms with van der Waals surface area (Å²) < 4.78 is 27.4. The van der Waals surface area contributed by atoms with Gasteiger partial charge in [-0.1, -0.05) is 13.3 Å². The van der Waals surface area contributed by atoms with Crippen molar-refractivity contribution in [3.8, 4) is 0 Å². The molecule has 0 saturated carbocycles. The zero-order chi connectivity index (χ0) is 15.3. The van der Waals surface area contributed by atoms with Crippen LogP contribution in [0.15, 0.2) is 23.4 Å². The molecule has 1 N–H and O–H groups in total. The molecule has 0 bridgehead atoms. The summed E-state index contributed by atoms with van der Waals surface area (Å²) in [6.07, 6.45) is 7.21. The molecule has 2 rings (SSSR count). The van der Waals surface area contributed by atoms with Crippen molar-refractivity contribution in [2.75, 3.05) is 25.0 Å². The van der Waals surface area contributed by atoms with Gasteiger partial charge in [-0.05, 0) is 38.2 Å². The Kier molecular flexibility index (Phi) is 5.58. The molecular weight excluding hydrogens is 286 g/mol. The third-order valence-corrected chi connectivity index (χ3v) is 6.08. The summed E-state index contributed by atoms with van der Waals surface area (Å²) in [5.41, 5.74) is 0.642. The van der Waals surface area contributed by atoms with Crippen LogP contribution in [-0.2, 0) is 10.0 Å². The van der Waals surface area contributed by atoms with Crippen molar-refractivity contribution >= 4 is 15.7 Å². The Balaban J connectivity index is 2.25. The number of aromatic nitrogens is 1. The van der Waals surface area contributed by atoms with Crippen LogP contribution in [0.2, 0.25) is 0 Å². The standard InChI is InChI=1S/C15H25N3O2S/c1-3-13-6-5-10-18(11-8-13)21(19,20)15-12-16-9-7-14(15)17-4-2/h7,9,12-13H,3-6,8,10-11H2,1-2H3,(H,16,17). The first kappa shape index (κ1) is 16.2. The van der Waals surface area contributed by atoms with Crippen LogP contribution in [0, 0.1) is 5.92 Å². The Morgan fingerprint density at radius 1 is 1.33 bits per heavy atom. The molecule has 1 aromatic heterocycles. The first-order chi connectivity index (χ1) is 10.1. The highest BCUT2D eigenvalue weighted by atomic mass is 32.2. The SMILES string of the molecule is CCNc1ccncc1S(=O)(=O)N1CCCC(CC)CC1. The number of sulfonamides is 1. The van der Waals surface area contributed by atoms with Crippen LogP contribution >= 0.6 is 0 Å². The molecule has 0 amide bonds. The number of rotatable bonds is 5. The second kappa shape index (κ2) is 7.22. The van der Waals surface area contributed by atoms with Crippen molar-refractivity contribution in [3.63, 3.8) is 0 Å². The van der Waals surface area contributed by atoms with Crippen molar-refractivity contribution in [2.24, 2.45) is 5.92 Å². The van der Waals surface area contributed by atoms with Gasteiger partial charge < -0.3 is 5.32 Å². The summed E-state index contributed by atoms with van der Waals surface area (Å²) in [7, 11) is -3.46. The topological polar surface area (TPSA) is 62.3 Å². The van der Waals surface area contributed by atoms with E-state index < -0.39 is 10.0 Å². The molecular formula is C15H25N3O2S. The largest absolute Gasteiger partial charge is 0.384 e. The van der Waals surface area contributed by atoms with E-state index in [-0.39, 0.29) is 0 Å². The fourth-order valence-corrected chi connectivity index (χ4v) is 4.45. The third kappa shape index (κ3) is 3.74. The number of nitrogens with zero attached hydrogens (tertiary/aromatic N) is 2. The minimum Gasteiger partial charge on any atom is -0.384 e. The van der Waals surface area contributed by atoms with E-state index in [1.807, 2.05) is 6.92 Å². The van der Waals surface area contributed by atoms with Crippen molar-refractivity contribution in [2.45, 2.75) is 44.4 Å². The summed E-state index contributed by atoms with van der Waals surface area (Å²) in [6.45, 7) is 6.04. The summed E-state index contributed by atoms with van der Waals surface area (Å²) >= 11 is 0. The Hall–Kier alpha value is -1.14. The number of anilines is 1. The minimum absolute atomic E-state index is 0.293. The third-order valence-electron chi connectivity index (χ3n) is 4.15. The number of hydrogen-bond acceptors (Lipinski definition) is 4.